The van der Waals surface area contributed by atoms with Gasteiger partial charge >= 0.3 is 137 Å². The molecule has 2 nitrogen and oxygen atoms in total. The van der Waals surface area contributed by atoms with Gasteiger partial charge in [0.25, 0.3) is 0 Å². The molecule has 2 heterocycles. The predicted octanol–water partition coefficient (Wildman–Crippen LogP) is 3.70. The summed E-state index contributed by atoms with van der Waals surface area (Å²) >= 11 is 0.578. The van der Waals surface area contributed by atoms with Crippen molar-refractivity contribution in [1.29, 1.82) is 0 Å². The quantitative estimate of drug-likeness (QED) is 0.596. The first-order valence-corrected chi connectivity index (χ1v) is 10.1. The fourth-order valence-corrected chi connectivity index (χ4v) is 6.80. The molecular formula is C18H32N2Se. The van der Waals surface area contributed by atoms with Gasteiger partial charge < -0.3 is 0 Å². The Kier molecular flexibility index (Phi) is 4.30. The Bertz CT molecular complexity index is 470. The molecule has 2 aliphatic rings. The summed E-state index contributed by atoms with van der Waals surface area (Å²) in [5.41, 5.74) is 2.16. The average molecular weight is 355 g/mol. The summed E-state index contributed by atoms with van der Waals surface area (Å²) in [7, 11) is 0. The van der Waals surface area contributed by atoms with E-state index in [1.807, 2.05) is 0 Å². The van der Waals surface area contributed by atoms with Crippen LogP contribution in [0.15, 0.2) is 23.8 Å². The molecule has 0 spiro atoms. The van der Waals surface area contributed by atoms with Crippen molar-refractivity contribution in [1.82, 2.24) is 10.6 Å². The minimum absolute atomic E-state index is 0.117. The molecule has 1 atom stereocenters. The van der Waals surface area contributed by atoms with Gasteiger partial charge in [-0.3, -0.25) is 0 Å². The molecule has 0 aromatic carbocycles. The summed E-state index contributed by atoms with van der Waals surface area (Å²) in [4.78, 5) is 0.651. The van der Waals surface area contributed by atoms with Gasteiger partial charge in [0, 0.05) is 0 Å². The van der Waals surface area contributed by atoms with Crippen LogP contribution in [0, 0.1) is 0 Å². The van der Waals surface area contributed by atoms with Gasteiger partial charge in [0.05, 0.1) is 0 Å². The third-order valence-corrected chi connectivity index (χ3v) is 7.76. The van der Waals surface area contributed by atoms with E-state index in [0.29, 0.717) is 19.8 Å². The first-order chi connectivity index (χ1) is 9.33. The van der Waals surface area contributed by atoms with Gasteiger partial charge in [0.15, 0.2) is 0 Å². The van der Waals surface area contributed by atoms with Gasteiger partial charge in [-0.15, -0.1) is 0 Å². The third-order valence-electron chi connectivity index (χ3n) is 4.43. The second-order valence-electron chi connectivity index (χ2n) is 8.80. The molecule has 0 saturated heterocycles. The van der Waals surface area contributed by atoms with E-state index < -0.39 is 0 Å². The van der Waals surface area contributed by atoms with Crippen LogP contribution in [-0.4, -0.2) is 37.1 Å². The van der Waals surface area contributed by atoms with Crippen LogP contribution in [0.5, 0.6) is 0 Å². The number of hydrogen-bond acceptors (Lipinski definition) is 2. The van der Waals surface area contributed by atoms with Crippen LogP contribution in [0.4, 0.5) is 0 Å². The van der Waals surface area contributed by atoms with E-state index >= 15 is 0 Å². The Morgan fingerprint density at radius 3 is 2.05 bits per heavy atom. The van der Waals surface area contributed by atoms with Crippen LogP contribution >= 0.6 is 0 Å². The number of nitrogens with one attached hydrogen (secondary N) is 2. The first kappa shape index (κ1) is 17.3. The molecular weight excluding hydrogens is 323 g/mol. The van der Waals surface area contributed by atoms with Crippen molar-refractivity contribution in [2.24, 2.45) is 0 Å². The maximum absolute atomic E-state index is 3.79. The Morgan fingerprint density at radius 1 is 0.952 bits per heavy atom. The zero-order chi connectivity index (χ0) is 16.1. The molecule has 1 unspecified atom stereocenters. The first-order valence-electron chi connectivity index (χ1n) is 7.95. The van der Waals surface area contributed by atoms with Crippen LogP contribution in [0.3, 0.4) is 0 Å². The molecule has 2 N–H and O–H groups in total. The SMILES string of the molecule is CC1(C)C=C(C[Se]C2C=CC(C)(C)NC2(C)C)C(C)(C)N1. The number of hydrogen-bond donors (Lipinski definition) is 2. The number of rotatable bonds is 3. The van der Waals surface area contributed by atoms with Crippen LogP contribution < -0.4 is 10.6 Å². The van der Waals surface area contributed by atoms with Gasteiger partial charge in [-0.25, -0.2) is 0 Å². The monoisotopic (exact) mass is 356 g/mol. The van der Waals surface area contributed by atoms with Gasteiger partial charge in [0.1, 0.15) is 0 Å². The molecule has 21 heavy (non-hydrogen) atoms. The van der Waals surface area contributed by atoms with E-state index in [-0.39, 0.29) is 22.2 Å². The second-order valence-corrected chi connectivity index (χ2v) is 11.2. The second kappa shape index (κ2) is 5.23. The molecule has 120 valence electrons. The Balaban J connectivity index is 2.07. The fraction of sp³-hybridized carbons (Fsp3) is 0.778. The van der Waals surface area contributed by atoms with E-state index in [1.165, 1.54) is 5.32 Å². The molecule has 0 radical (unpaired) electrons. The van der Waals surface area contributed by atoms with E-state index in [4.69, 9.17) is 0 Å². The molecule has 2 aliphatic heterocycles. The van der Waals surface area contributed by atoms with Crippen molar-refractivity contribution >= 4 is 15.0 Å². The summed E-state index contributed by atoms with van der Waals surface area (Å²) < 4.78 is 0. The van der Waals surface area contributed by atoms with E-state index in [9.17, 15) is 0 Å². The van der Waals surface area contributed by atoms with E-state index in [2.05, 4.69) is 84.3 Å². The van der Waals surface area contributed by atoms with Crippen molar-refractivity contribution < 1.29 is 0 Å². The zero-order valence-electron chi connectivity index (χ0n) is 14.9. The summed E-state index contributed by atoms with van der Waals surface area (Å²) in [6.07, 6.45) is 7.25. The van der Waals surface area contributed by atoms with Crippen LogP contribution in [0.1, 0.15) is 55.4 Å². The fourth-order valence-electron chi connectivity index (χ4n) is 3.71. The Hall–Kier alpha value is -0.0805. The van der Waals surface area contributed by atoms with Crippen molar-refractivity contribution in [3.63, 3.8) is 0 Å². The van der Waals surface area contributed by atoms with Gasteiger partial charge in [-0.05, 0) is 0 Å². The zero-order valence-corrected chi connectivity index (χ0v) is 16.6. The van der Waals surface area contributed by atoms with E-state index in [0.717, 1.165) is 0 Å². The Labute approximate surface area is 137 Å². The maximum atomic E-state index is 3.79. The normalized spacial score (nSPS) is 32.0. The summed E-state index contributed by atoms with van der Waals surface area (Å²) in [6, 6.07) is 0. The molecule has 2 rings (SSSR count). The molecule has 0 aromatic rings. The van der Waals surface area contributed by atoms with Crippen LogP contribution in [0.2, 0.25) is 10.1 Å². The van der Waals surface area contributed by atoms with Crippen molar-refractivity contribution in [2.75, 3.05) is 0 Å². The summed E-state index contributed by atoms with van der Waals surface area (Å²) in [5, 5.41) is 8.75. The van der Waals surface area contributed by atoms with Crippen LogP contribution in [-0.2, 0) is 0 Å². The topological polar surface area (TPSA) is 24.1 Å². The molecule has 0 bridgehead atoms. The van der Waals surface area contributed by atoms with Gasteiger partial charge in [0.2, 0.25) is 0 Å². The van der Waals surface area contributed by atoms with Crippen molar-refractivity contribution in [2.45, 2.75) is 87.7 Å². The average Bonchev–Trinajstić information content (AvgIpc) is 2.42. The molecule has 0 fully saturated rings. The molecule has 3 heteroatoms. The van der Waals surface area contributed by atoms with E-state index in [1.54, 1.807) is 5.57 Å². The summed E-state index contributed by atoms with van der Waals surface area (Å²) in [5.74, 6) is 0. The summed E-state index contributed by atoms with van der Waals surface area (Å²) in [6.45, 7) is 18.4. The standard InChI is InChI=1S/C18H32N2Se/c1-15(2)10-9-14(18(7,8)19-15)21-12-13-11-16(3,4)20-17(13,5)6/h9-11,14,19-20H,12H2,1-8H3. The van der Waals surface area contributed by atoms with Gasteiger partial charge in [-0.2, -0.15) is 0 Å². The molecule has 0 saturated carbocycles. The molecule has 0 aliphatic carbocycles. The van der Waals surface area contributed by atoms with Crippen molar-refractivity contribution in [3.05, 3.63) is 23.8 Å². The predicted molar refractivity (Wildman–Crippen MR) is 94.1 cm³/mol. The Morgan fingerprint density at radius 2 is 1.57 bits per heavy atom. The molecule has 0 amide bonds. The minimum atomic E-state index is 0.117. The van der Waals surface area contributed by atoms with Gasteiger partial charge in [-0.1, -0.05) is 0 Å². The molecule has 0 aromatic heterocycles. The van der Waals surface area contributed by atoms with Crippen LogP contribution in [0.25, 0.3) is 0 Å². The third kappa shape index (κ3) is 4.01. The van der Waals surface area contributed by atoms with Crippen molar-refractivity contribution in [3.8, 4) is 0 Å².